The fraction of sp³-hybridized carbons (Fsp3) is 0.762. The van der Waals surface area contributed by atoms with Gasteiger partial charge in [0.15, 0.2) is 5.96 Å². The molecule has 1 aromatic rings. The average molecular weight is 380 g/mol. The maximum absolute atomic E-state index is 9.52. The van der Waals surface area contributed by atoms with Crippen LogP contribution in [0.25, 0.3) is 0 Å². The second-order valence-corrected chi connectivity index (χ2v) is 7.43. The van der Waals surface area contributed by atoms with Gasteiger partial charge in [-0.3, -0.25) is 4.99 Å². The molecule has 0 bridgehead atoms. The highest BCUT2D eigenvalue weighted by atomic mass is 16.5. The van der Waals surface area contributed by atoms with Gasteiger partial charge in [0.2, 0.25) is 0 Å². The molecule has 2 rings (SSSR count). The number of rotatable bonds is 12. The topological polar surface area (TPSA) is 79.0 Å². The first-order valence-electron chi connectivity index (χ1n) is 10.5. The first-order chi connectivity index (χ1) is 13.3. The van der Waals surface area contributed by atoms with Crippen molar-refractivity contribution in [3.05, 3.63) is 24.2 Å². The van der Waals surface area contributed by atoms with Crippen molar-refractivity contribution in [3.63, 3.8) is 0 Å². The van der Waals surface area contributed by atoms with Gasteiger partial charge in [0.1, 0.15) is 5.76 Å². The van der Waals surface area contributed by atoms with E-state index in [0.717, 1.165) is 63.8 Å². The van der Waals surface area contributed by atoms with Gasteiger partial charge in [-0.1, -0.05) is 19.3 Å². The Morgan fingerprint density at radius 3 is 2.78 bits per heavy atom. The van der Waals surface area contributed by atoms with Gasteiger partial charge in [-0.25, -0.2) is 0 Å². The van der Waals surface area contributed by atoms with Gasteiger partial charge in [0, 0.05) is 45.9 Å². The summed E-state index contributed by atoms with van der Waals surface area (Å²) in [6, 6.07) is 3.91. The van der Waals surface area contributed by atoms with Gasteiger partial charge in [-0.15, -0.1) is 0 Å². The lowest BCUT2D eigenvalue weighted by Gasteiger charge is -2.35. The Labute approximate surface area is 163 Å². The monoisotopic (exact) mass is 379 g/mol. The summed E-state index contributed by atoms with van der Waals surface area (Å²) in [5, 5.41) is 16.4. The maximum atomic E-state index is 9.52. The summed E-state index contributed by atoms with van der Waals surface area (Å²) in [6.45, 7) is 6.16. The van der Waals surface area contributed by atoms with Crippen LogP contribution in [0.4, 0.5) is 0 Å². The molecular formula is C21H37N3O3. The summed E-state index contributed by atoms with van der Waals surface area (Å²) in [7, 11) is 0. The minimum atomic E-state index is 0.161. The third-order valence-electron chi connectivity index (χ3n) is 5.33. The van der Waals surface area contributed by atoms with E-state index in [1.807, 2.05) is 19.1 Å². The molecule has 1 aromatic heterocycles. The standard InChI is InChI=1S/C21H37N3O3/c1-2-26-16-7-13-22-20(23-14-9-19-8-6-17-27-19)24-18-21(12-15-25)10-4-3-5-11-21/h6,8,17,25H,2-5,7,9-16,18H2,1H3,(H2,22,23,24). The first kappa shape index (κ1) is 21.8. The Hall–Kier alpha value is -1.53. The maximum Gasteiger partial charge on any atom is 0.191 e. The molecule has 3 N–H and O–H groups in total. The van der Waals surface area contributed by atoms with Crippen molar-refractivity contribution in [1.82, 2.24) is 10.6 Å². The first-order valence-corrected chi connectivity index (χ1v) is 10.5. The van der Waals surface area contributed by atoms with Gasteiger partial charge < -0.3 is 24.9 Å². The molecule has 27 heavy (non-hydrogen) atoms. The van der Waals surface area contributed by atoms with Crippen molar-refractivity contribution >= 4 is 5.96 Å². The summed E-state index contributed by atoms with van der Waals surface area (Å²) in [5.41, 5.74) is 0.161. The van der Waals surface area contributed by atoms with Gasteiger partial charge in [-0.2, -0.15) is 0 Å². The molecule has 0 aliphatic heterocycles. The number of nitrogens with one attached hydrogen (secondary N) is 2. The molecule has 0 aromatic carbocycles. The zero-order valence-corrected chi connectivity index (χ0v) is 16.8. The van der Waals surface area contributed by atoms with Crippen LogP contribution in [0.3, 0.4) is 0 Å². The molecular weight excluding hydrogens is 342 g/mol. The third kappa shape index (κ3) is 8.35. The number of aliphatic hydroxyl groups excluding tert-OH is 1. The van der Waals surface area contributed by atoms with Crippen LogP contribution in [-0.2, 0) is 11.2 Å². The predicted molar refractivity (Wildman–Crippen MR) is 109 cm³/mol. The number of guanidine groups is 1. The lowest BCUT2D eigenvalue weighted by Crippen LogP contribution is -2.40. The van der Waals surface area contributed by atoms with Crippen LogP contribution in [0.2, 0.25) is 0 Å². The molecule has 0 amide bonds. The Morgan fingerprint density at radius 1 is 1.26 bits per heavy atom. The van der Waals surface area contributed by atoms with Gasteiger partial charge >= 0.3 is 0 Å². The molecule has 1 aliphatic rings. The zero-order valence-electron chi connectivity index (χ0n) is 16.8. The second kappa shape index (κ2) is 12.8. The number of furan rings is 1. The highest BCUT2D eigenvalue weighted by molar-refractivity contribution is 5.79. The van der Waals surface area contributed by atoms with Crippen LogP contribution in [0.15, 0.2) is 27.8 Å². The lowest BCUT2D eigenvalue weighted by molar-refractivity contribution is 0.137. The van der Waals surface area contributed by atoms with Gasteiger partial charge in [-0.05, 0) is 50.2 Å². The summed E-state index contributed by atoms with van der Waals surface area (Å²) in [4.78, 5) is 4.89. The van der Waals surface area contributed by atoms with E-state index in [-0.39, 0.29) is 12.0 Å². The van der Waals surface area contributed by atoms with Crippen molar-refractivity contribution in [2.24, 2.45) is 10.4 Å². The summed E-state index contributed by atoms with van der Waals surface area (Å²) >= 11 is 0. The van der Waals surface area contributed by atoms with E-state index in [9.17, 15) is 5.11 Å². The Kier molecular flexibility index (Phi) is 10.3. The van der Waals surface area contributed by atoms with Crippen LogP contribution in [0.1, 0.15) is 57.6 Å². The smallest absolute Gasteiger partial charge is 0.191 e. The lowest BCUT2D eigenvalue weighted by atomic mass is 9.72. The quantitative estimate of drug-likeness (QED) is 0.295. The van der Waals surface area contributed by atoms with Gasteiger partial charge in [0.05, 0.1) is 6.26 Å². The average Bonchev–Trinajstić information content (AvgIpc) is 3.20. The number of ether oxygens (including phenoxy) is 1. The van der Waals surface area contributed by atoms with Crippen molar-refractivity contribution in [2.45, 2.75) is 58.3 Å². The largest absolute Gasteiger partial charge is 0.469 e. The molecule has 1 heterocycles. The number of nitrogens with zero attached hydrogens (tertiary/aromatic N) is 1. The summed E-state index contributed by atoms with van der Waals surface area (Å²) in [6.07, 6.45) is 10.5. The summed E-state index contributed by atoms with van der Waals surface area (Å²) < 4.78 is 10.8. The minimum absolute atomic E-state index is 0.161. The minimum Gasteiger partial charge on any atom is -0.469 e. The van der Waals surface area contributed by atoms with Crippen molar-refractivity contribution in [3.8, 4) is 0 Å². The van der Waals surface area contributed by atoms with E-state index in [1.165, 1.54) is 32.1 Å². The van der Waals surface area contributed by atoms with E-state index in [1.54, 1.807) is 6.26 Å². The van der Waals surface area contributed by atoms with Gasteiger partial charge in [0.25, 0.3) is 0 Å². The molecule has 0 spiro atoms. The van der Waals surface area contributed by atoms with Crippen LogP contribution in [-0.4, -0.2) is 50.5 Å². The van der Waals surface area contributed by atoms with Crippen LogP contribution >= 0.6 is 0 Å². The van der Waals surface area contributed by atoms with Crippen molar-refractivity contribution < 1.29 is 14.3 Å². The van der Waals surface area contributed by atoms with Crippen LogP contribution in [0, 0.1) is 5.41 Å². The SMILES string of the molecule is CCOCCCNC(=NCC1(CCO)CCCCC1)NCCc1ccco1. The molecule has 1 fully saturated rings. The van der Waals surface area contributed by atoms with Crippen LogP contribution in [0.5, 0.6) is 0 Å². The summed E-state index contributed by atoms with van der Waals surface area (Å²) in [5.74, 6) is 1.82. The molecule has 1 aliphatic carbocycles. The predicted octanol–water partition coefficient (Wildman–Crippen LogP) is 3.12. The van der Waals surface area contributed by atoms with E-state index in [4.69, 9.17) is 14.1 Å². The molecule has 154 valence electrons. The van der Waals surface area contributed by atoms with E-state index < -0.39 is 0 Å². The molecule has 6 heteroatoms. The molecule has 0 atom stereocenters. The van der Waals surface area contributed by atoms with Crippen molar-refractivity contribution in [2.75, 3.05) is 39.5 Å². The highest BCUT2D eigenvalue weighted by Gasteiger charge is 2.31. The number of aliphatic imine (C=N–C) groups is 1. The highest BCUT2D eigenvalue weighted by Crippen LogP contribution is 2.39. The third-order valence-corrected chi connectivity index (χ3v) is 5.33. The second-order valence-electron chi connectivity index (χ2n) is 7.43. The van der Waals surface area contributed by atoms with Crippen molar-refractivity contribution in [1.29, 1.82) is 0 Å². The number of hydrogen-bond acceptors (Lipinski definition) is 4. The fourth-order valence-electron chi connectivity index (χ4n) is 3.73. The number of aliphatic hydroxyl groups is 1. The molecule has 6 nitrogen and oxygen atoms in total. The zero-order chi connectivity index (χ0) is 19.2. The Bertz CT molecular complexity index is 505. The molecule has 0 saturated heterocycles. The normalized spacial score (nSPS) is 17.0. The Balaban J connectivity index is 1.87. The van der Waals surface area contributed by atoms with Crippen LogP contribution < -0.4 is 10.6 Å². The number of hydrogen-bond donors (Lipinski definition) is 3. The van der Waals surface area contributed by atoms with E-state index >= 15 is 0 Å². The fourth-order valence-corrected chi connectivity index (χ4v) is 3.73. The molecule has 0 unspecified atom stereocenters. The molecule has 0 radical (unpaired) electrons. The van der Waals surface area contributed by atoms with E-state index in [2.05, 4.69) is 10.6 Å². The van der Waals surface area contributed by atoms with E-state index in [0.29, 0.717) is 0 Å². The Morgan fingerprint density at radius 2 is 2.07 bits per heavy atom. The molecule has 1 saturated carbocycles.